The van der Waals surface area contributed by atoms with Gasteiger partial charge in [0.15, 0.2) is 0 Å². The van der Waals surface area contributed by atoms with Crippen molar-refractivity contribution in [3.63, 3.8) is 0 Å². The van der Waals surface area contributed by atoms with Gasteiger partial charge in [-0.25, -0.2) is 0 Å². The van der Waals surface area contributed by atoms with E-state index >= 15 is 0 Å². The largest absolute Gasteiger partial charge is 0.306 e. The Kier molecular flexibility index (Phi) is 12.4. The molecule has 0 saturated carbocycles. The van der Waals surface area contributed by atoms with Crippen molar-refractivity contribution in [2.24, 2.45) is 0 Å². The number of rotatable bonds is 11. The Morgan fingerprint density at radius 3 is 0.875 bits per heavy atom. The van der Waals surface area contributed by atoms with Crippen LogP contribution in [0.15, 0.2) is 255 Å². The van der Waals surface area contributed by atoms with Crippen LogP contribution in [-0.2, 0) is 0 Å². The maximum Gasteiger partial charge on any atom is 0.104 e. The number of benzene rings is 12. The highest BCUT2D eigenvalue weighted by Crippen LogP contribution is 2.50. The molecule has 4 heterocycles. The van der Waals surface area contributed by atoms with Gasteiger partial charge in [0.1, 0.15) is 23.3 Å². The minimum absolute atomic E-state index is 0.313. The van der Waals surface area contributed by atoms with E-state index in [0.29, 0.717) is 45.7 Å². The number of hydrogen-bond donors (Lipinski definition) is 0. The fourth-order valence-electron chi connectivity index (χ4n) is 14.2. The first kappa shape index (κ1) is 52.4. The summed E-state index contributed by atoms with van der Waals surface area (Å²) in [6.07, 6.45) is 1.97. The summed E-state index contributed by atoms with van der Waals surface area (Å²) in [5.74, 6) is 0.626. The lowest BCUT2D eigenvalue weighted by atomic mass is 9.95. The molecule has 16 rings (SSSR count). The van der Waals surface area contributed by atoms with Crippen LogP contribution in [0.4, 0.5) is 0 Å². The van der Waals surface area contributed by atoms with Crippen molar-refractivity contribution in [1.29, 1.82) is 10.5 Å². The first-order valence-electron chi connectivity index (χ1n) is 30.7. The minimum Gasteiger partial charge on any atom is -0.306 e. The second-order valence-corrected chi connectivity index (χ2v) is 23.7. The molecule has 418 valence electrons. The second-order valence-electron chi connectivity index (χ2n) is 23.7. The Balaban J connectivity index is 1.17. The predicted molar refractivity (Wildman–Crippen MR) is 367 cm³/mol. The number of para-hydroxylation sites is 3. The van der Waals surface area contributed by atoms with E-state index in [-0.39, 0.29) is 0 Å². The van der Waals surface area contributed by atoms with E-state index in [0.717, 1.165) is 133 Å². The number of nitriles is 2. The average molecular weight is 1130 g/mol. The van der Waals surface area contributed by atoms with Crippen molar-refractivity contribution in [3.8, 4) is 68.3 Å². The summed E-state index contributed by atoms with van der Waals surface area (Å²) >= 11 is 0. The summed E-state index contributed by atoms with van der Waals surface area (Å²) < 4.78 is 9.33. The molecule has 0 amide bonds. The highest BCUT2D eigenvalue weighted by atomic mass is 15.1. The Labute approximate surface area is 510 Å². The molecule has 2 atom stereocenters. The van der Waals surface area contributed by atoms with Gasteiger partial charge in [0, 0.05) is 43.1 Å². The minimum atomic E-state index is 0.313. The Hall–Kier alpha value is -11.2. The van der Waals surface area contributed by atoms with E-state index in [4.69, 9.17) is 0 Å². The summed E-state index contributed by atoms with van der Waals surface area (Å²) in [4.78, 5) is 0. The van der Waals surface area contributed by atoms with Crippen molar-refractivity contribution >= 4 is 87.2 Å². The first-order valence-corrected chi connectivity index (χ1v) is 30.7. The van der Waals surface area contributed by atoms with Crippen LogP contribution < -0.4 is 0 Å². The fraction of sp³-hybridized carbons (Fsp3) is 0.0976. The third-order valence-corrected chi connectivity index (χ3v) is 19.0. The van der Waals surface area contributed by atoms with Gasteiger partial charge in [0.25, 0.3) is 0 Å². The standard InChI is InChI=1S/C82H60N6/c1-5-51(3)56-34-39-77-67(44-56)68-45-57(52(4)6-2)35-40-78(68)85(77)79-69(49-83)80(86-71-31-19-16-28-61(71)64-46-58(36-41-74(64)86)53-22-10-7-11-23-53)82(88-73-33-21-18-30-63(73)66-48-60(38-43-76(66)88)55-26-14-9-15-27-55)81(70(79)50-84)87-72-32-20-17-29-62(72)65-47-59(37-42-75(65)87)54-24-12-8-13-25-54/h7-48,51-52H,5-6H2,1-4H3. The van der Waals surface area contributed by atoms with Crippen molar-refractivity contribution in [3.05, 3.63) is 277 Å². The summed E-state index contributed by atoms with van der Waals surface area (Å²) in [6, 6.07) is 97.5. The Morgan fingerprint density at radius 1 is 0.273 bits per heavy atom. The highest BCUT2D eigenvalue weighted by Gasteiger charge is 2.35. The van der Waals surface area contributed by atoms with Crippen molar-refractivity contribution in [2.75, 3.05) is 0 Å². The van der Waals surface area contributed by atoms with Gasteiger partial charge in [0.05, 0.1) is 66.9 Å². The van der Waals surface area contributed by atoms with Gasteiger partial charge in [-0.2, -0.15) is 10.5 Å². The molecule has 0 aliphatic heterocycles. The smallest absolute Gasteiger partial charge is 0.104 e. The quantitative estimate of drug-likeness (QED) is 0.130. The molecule has 0 N–H and O–H groups in total. The average Bonchev–Trinajstić information content (AvgIpc) is 1.48. The van der Waals surface area contributed by atoms with Crippen molar-refractivity contribution < 1.29 is 0 Å². The molecule has 2 unspecified atom stereocenters. The molecular weight excluding hydrogens is 1070 g/mol. The maximum absolute atomic E-state index is 12.9. The van der Waals surface area contributed by atoms with E-state index in [1.807, 2.05) is 0 Å². The molecule has 16 aromatic rings. The molecule has 0 spiro atoms. The molecule has 12 aromatic carbocycles. The van der Waals surface area contributed by atoms with Crippen LogP contribution in [0.5, 0.6) is 0 Å². The maximum atomic E-state index is 12.9. The van der Waals surface area contributed by atoms with E-state index < -0.39 is 0 Å². The predicted octanol–water partition coefficient (Wildman–Crippen LogP) is 21.8. The lowest BCUT2D eigenvalue weighted by Crippen LogP contribution is -2.17. The molecule has 0 aliphatic carbocycles. The van der Waals surface area contributed by atoms with Gasteiger partial charge >= 0.3 is 0 Å². The SMILES string of the molecule is CCC(C)c1ccc2c(c1)c1cc(C(C)CC)ccc1n2-c1c(C#N)c(-n2c3ccccc3c3cc(-c4ccccc4)ccc32)c(-n2c3ccccc3c3cc(-c4ccccc4)ccc32)c(-n2c3ccccc3c3cc(-c4ccccc4)ccc32)c1C#N. The van der Waals surface area contributed by atoms with E-state index in [2.05, 4.69) is 313 Å². The summed E-state index contributed by atoms with van der Waals surface area (Å²) in [5, 5.41) is 34.3. The van der Waals surface area contributed by atoms with E-state index in [1.54, 1.807) is 0 Å². The fourth-order valence-corrected chi connectivity index (χ4v) is 14.2. The molecule has 6 heteroatoms. The number of nitrogens with zero attached hydrogens (tertiary/aromatic N) is 6. The summed E-state index contributed by atoms with van der Waals surface area (Å²) in [5.41, 5.74) is 19.9. The summed E-state index contributed by atoms with van der Waals surface area (Å²) in [6.45, 7) is 9.08. The Bertz CT molecular complexity index is 5320. The molecular formula is C82H60N6. The van der Waals surface area contributed by atoms with E-state index in [9.17, 15) is 10.5 Å². The second kappa shape index (κ2) is 20.8. The zero-order chi connectivity index (χ0) is 59.3. The van der Waals surface area contributed by atoms with Gasteiger partial charge in [-0.3, -0.25) is 0 Å². The monoisotopic (exact) mass is 1130 g/mol. The van der Waals surface area contributed by atoms with Crippen LogP contribution in [0.3, 0.4) is 0 Å². The lowest BCUT2D eigenvalue weighted by Gasteiger charge is -2.27. The molecule has 0 bridgehead atoms. The van der Waals surface area contributed by atoms with Gasteiger partial charge in [0.2, 0.25) is 0 Å². The number of aromatic nitrogens is 4. The van der Waals surface area contributed by atoms with Gasteiger partial charge in [-0.05, 0) is 148 Å². The van der Waals surface area contributed by atoms with Crippen LogP contribution >= 0.6 is 0 Å². The topological polar surface area (TPSA) is 67.3 Å². The Morgan fingerprint density at radius 2 is 0.545 bits per heavy atom. The molecule has 0 radical (unpaired) electrons. The lowest BCUT2D eigenvalue weighted by molar-refractivity contribution is 0.734. The summed E-state index contributed by atoms with van der Waals surface area (Å²) in [7, 11) is 0. The highest BCUT2D eigenvalue weighted by molar-refractivity contribution is 6.17. The molecule has 0 aliphatic rings. The first-order chi connectivity index (χ1) is 43.3. The van der Waals surface area contributed by atoms with Crippen molar-refractivity contribution in [2.45, 2.75) is 52.4 Å². The van der Waals surface area contributed by atoms with Crippen molar-refractivity contribution in [1.82, 2.24) is 18.3 Å². The molecule has 88 heavy (non-hydrogen) atoms. The number of fused-ring (bicyclic) bond motifs is 12. The zero-order valence-electron chi connectivity index (χ0n) is 49.5. The van der Waals surface area contributed by atoms with Gasteiger partial charge < -0.3 is 18.3 Å². The molecule has 6 nitrogen and oxygen atoms in total. The van der Waals surface area contributed by atoms with Crippen LogP contribution in [-0.4, -0.2) is 18.3 Å². The van der Waals surface area contributed by atoms with E-state index in [1.165, 1.54) is 11.1 Å². The normalized spacial score (nSPS) is 12.5. The van der Waals surface area contributed by atoms with Crippen LogP contribution in [0.2, 0.25) is 0 Å². The molecule has 0 saturated heterocycles. The third kappa shape index (κ3) is 7.93. The molecule has 4 aromatic heterocycles. The van der Waals surface area contributed by atoms with Crippen LogP contribution in [0.25, 0.3) is 143 Å². The number of hydrogen-bond acceptors (Lipinski definition) is 2. The van der Waals surface area contributed by atoms with Crippen LogP contribution in [0, 0.1) is 22.7 Å². The van der Waals surface area contributed by atoms with Crippen LogP contribution in [0.1, 0.15) is 74.6 Å². The van der Waals surface area contributed by atoms with Gasteiger partial charge in [-0.1, -0.05) is 204 Å². The zero-order valence-corrected chi connectivity index (χ0v) is 49.5. The third-order valence-electron chi connectivity index (χ3n) is 19.0. The van der Waals surface area contributed by atoms with Gasteiger partial charge in [-0.15, -0.1) is 0 Å². The molecule has 0 fully saturated rings.